The monoisotopic (exact) mass is 426 g/mol. The zero-order chi connectivity index (χ0) is 21.5. The van der Waals surface area contributed by atoms with Crippen molar-refractivity contribution in [1.82, 2.24) is 9.80 Å². The van der Waals surface area contributed by atoms with Gasteiger partial charge in [-0.05, 0) is 52.3 Å². The molecule has 1 amide bonds. The van der Waals surface area contributed by atoms with E-state index in [4.69, 9.17) is 4.74 Å². The number of benzene rings is 1. The Labute approximate surface area is 182 Å². The minimum Gasteiger partial charge on any atom is -0.484 e. The lowest BCUT2D eigenvalue weighted by Crippen LogP contribution is -2.58. The van der Waals surface area contributed by atoms with Crippen molar-refractivity contribution in [1.29, 1.82) is 0 Å². The Bertz CT molecular complexity index is 983. The highest BCUT2D eigenvalue weighted by molar-refractivity contribution is 7.12. The van der Waals surface area contributed by atoms with E-state index >= 15 is 0 Å². The third kappa shape index (κ3) is 4.30. The van der Waals surface area contributed by atoms with Crippen LogP contribution in [0, 0.1) is 20.8 Å². The number of Topliss-reactive ketones (excluding diaryl/α,β-unsaturated/α-hetero) is 1. The topological polar surface area (TPSA) is 49.9 Å². The molecule has 0 N–H and O–H groups in total. The van der Waals surface area contributed by atoms with E-state index in [2.05, 4.69) is 24.0 Å². The fraction of sp³-hybridized carbons (Fsp3) is 0.500. The Morgan fingerprint density at radius 1 is 1.17 bits per heavy atom. The van der Waals surface area contributed by atoms with Gasteiger partial charge in [0.15, 0.2) is 5.78 Å². The lowest BCUT2D eigenvalue weighted by atomic mass is 9.91. The molecule has 1 aromatic carbocycles. The standard InChI is InChI=1S/C24H30N2O3S/c1-16-6-7-23-20(10-16)12-26(19(4)27)15-24(29-23)8-5-9-25(14-24)13-22(28)21-11-17(2)30-18(21)3/h6-7,10-11H,5,8-9,12-15H2,1-4H3/t24-/m1/s1. The molecular weight excluding hydrogens is 396 g/mol. The molecule has 2 aliphatic heterocycles. The Hall–Kier alpha value is -2.18. The number of hydrogen-bond donors (Lipinski definition) is 0. The van der Waals surface area contributed by atoms with E-state index in [1.807, 2.05) is 30.9 Å². The summed E-state index contributed by atoms with van der Waals surface area (Å²) in [5.41, 5.74) is 2.57. The third-order valence-corrected chi connectivity index (χ3v) is 7.12. The van der Waals surface area contributed by atoms with E-state index in [1.165, 1.54) is 4.88 Å². The molecule has 0 saturated carbocycles. The maximum absolute atomic E-state index is 13.0. The number of ketones is 1. The number of thiophene rings is 1. The highest BCUT2D eigenvalue weighted by Crippen LogP contribution is 2.35. The molecule has 1 saturated heterocycles. The number of carbonyl (C=O) groups excluding carboxylic acids is 2. The predicted molar refractivity (Wildman–Crippen MR) is 119 cm³/mol. The molecule has 1 fully saturated rings. The van der Waals surface area contributed by atoms with Crippen LogP contribution in [0.4, 0.5) is 0 Å². The average molecular weight is 427 g/mol. The largest absolute Gasteiger partial charge is 0.484 e. The fourth-order valence-corrected chi connectivity index (χ4v) is 5.71. The summed E-state index contributed by atoms with van der Waals surface area (Å²) in [6.07, 6.45) is 1.83. The smallest absolute Gasteiger partial charge is 0.219 e. The molecule has 2 aromatic rings. The normalized spacial score (nSPS) is 21.8. The molecule has 2 aliphatic rings. The summed E-state index contributed by atoms with van der Waals surface area (Å²) in [6.45, 7) is 10.8. The van der Waals surface area contributed by atoms with Gasteiger partial charge in [0.2, 0.25) is 5.91 Å². The van der Waals surface area contributed by atoms with Crippen LogP contribution in [-0.4, -0.2) is 53.3 Å². The molecule has 160 valence electrons. The lowest BCUT2D eigenvalue weighted by Gasteiger charge is -2.43. The van der Waals surface area contributed by atoms with Crippen molar-refractivity contribution in [3.63, 3.8) is 0 Å². The van der Waals surface area contributed by atoms with Crippen molar-refractivity contribution in [3.05, 3.63) is 50.7 Å². The first kappa shape index (κ1) is 21.1. The number of amides is 1. The number of carbonyl (C=O) groups is 2. The number of likely N-dealkylation sites (tertiary alicyclic amines) is 1. The fourth-order valence-electron chi connectivity index (χ4n) is 4.76. The first-order chi connectivity index (χ1) is 14.2. The van der Waals surface area contributed by atoms with Crippen molar-refractivity contribution in [3.8, 4) is 5.75 Å². The molecule has 0 aliphatic carbocycles. The molecule has 0 radical (unpaired) electrons. The molecule has 1 spiro atoms. The SMILES string of the molecule is CC(=O)N1Cc2cc(C)ccc2O[C@@]2(CCCN(CC(=O)c3cc(C)sc3C)C2)C1. The number of ether oxygens (including phenoxy) is 1. The molecule has 6 heteroatoms. The van der Waals surface area contributed by atoms with E-state index in [0.717, 1.165) is 46.7 Å². The summed E-state index contributed by atoms with van der Waals surface area (Å²) >= 11 is 1.67. The van der Waals surface area contributed by atoms with Gasteiger partial charge in [-0.3, -0.25) is 14.5 Å². The Morgan fingerprint density at radius 2 is 1.97 bits per heavy atom. The number of fused-ring (bicyclic) bond motifs is 1. The van der Waals surface area contributed by atoms with Gasteiger partial charge in [0.1, 0.15) is 11.4 Å². The second kappa shape index (κ2) is 8.16. The second-order valence-corrected chi connectivity index (χ2v) is 10.3. The van der Waals surface area contributed by atoms with Crippen LogP contribution in [0.25, 0.3) is 0 Å². The van der Waals surface area contributed by atoms with E-state index < -0.39 is 5.60 Å². The predicted octanol–water partition coefficient (Wildman–Crippen LogP) is 4.13. The van der Waals surface area contributed by atoms with Gasteiger partial charge in [0.05, 0.1) is 13.1 Å². The molecule has 0 bridgehead atoms. The summed E-state index contributed by atoms with van der Waals surface area (Å²) in [6, 6.07) is 8.19. The number of nitrogens with zero attached hydrogens (tertiary/aromatic N) is 2. The van der Waals surface area contributed by atoms with Crippen LogP contribution in [0.5, 0.6) is 5.75 Å². The van der Waals surface area contributed by atoms with E-state index in [9.17, 15) is 9.59 Å². The van der Waals surface area contributed by atoms with Crippen LogP contribution in [0.15, 0.2) is 24.3 Å². The maximum Gasteiger partial charge on any atom is 0.219 e. The van der Waals surface area contributed by atoms with Gasteiger partial charge in [-0.2, -0.15) is 0 Å². The van der Waals surface area contributed by atoms with Crippen LogP contribution in [0.1, 0.15) is 51.0 Å². The van der Waals surface area contributed by atoms with E-state index in [0.29, 0.717) is 26.2 Å². The van der Waals surface area contributed by atoms with Gasteiger partial charge in [-0.1, -0.05) is 17.7 Å². The second-order valence-electron chi connectivity index (χ2n) is 8.84. The van der Waals surface area contributed by atoms with Crippen molar-refractivity contribution in [2.45, 2.75) is 52.7 Å². The van der Waals surface area contributed by atoms with Gasteiger partial charge < -0.3 is 9.64 Å². The van der Waals surface area contributed by atoms with Crippen molar-refractivity contribution < 1.29 is 14.3 Å². The Balaban J connectivity index is 1.57. The maximum atomic E-state index is 13.0. The summed E-state index contributed by atoms with van der Waals surface area (Å²) in [7, 11) is 0. The summed E-state index contributed by atoms with van der Waals surface area (Å²) in [5.74, 6) is 1.09. The average Bonchev–Trinajstić information content (AvgIpc) is 2.93. The third-order valence-electron chi connectivity index (χ3n) is 6.16. The van der Waals surface area contributed by atoms with Gasteiger partial charge in [0, 0.05) is 40.9 Å². The van der Waals surface area contributed by atoms with E-state index in [-0.39, 0.29) is 11.7 Å². The first-order valence-corrected chi connectivity index (χ1v) is 11.4. The minimum atomic E-state index is -0.482. The molecule has 0 unspecified atom stereocenters. The molecule has 1 aromatic heterocycles. The summed E-state index contributed by atoms with van der Waals surface area (Å²) < 4.78 is 6.62. The van der Waals surface area contributed by atoms with Crippen LogP contribution < -0.4 is 4.74 Å². The zero-order valence-electron chi connectivity index (χ0n) is 18.3. The van der Waals surface area contributed by atoms with Crippen LogP contribution in [0.2, 0.25) is 0 Å². The van der Waals surface area contributed by atoms with Gasteiger partial charge in [-0.25, -0.2) is 0 Å². The Morgan fingerprint density at radius 3 is 2.67 bits per heavy atom. The highest BCUT2D eigenvalue weighted by Gasteiger charge is 2.42. The van der Waals surface area contributed by atoms with E-state index in [1.54, 1.807) is 18.3 Å². The molecular formula is C24H30N2O3S. The number of piperidine rings is 1. The minimum absolute atomic E-state index is 0.0601. The zero-order valence-corrected chi connectivity index (χ0v) is 19.1. The first-order valence-electron chi connectivity index (χ1n) is 10.6. The van der Waals surface area contributed by atoms with Crippen LogP contribution in [-0.2, 0) is 11.3 Å². The van der Waals surface area contributed by atoms with Crippen molar-refractivity contribution in [2.75, 3.05) is 26.2 Å². The lowest BCUT2D eigenvalue weighted by molar-refractivity contribution is -0.133. The number of rotatable bonds is 3. The van der Waals surface area contributed by atoms with Crippen LogP contribution >= 0.6 is 11.3 Å². The molecule has 3 heterocycles. The number of aryl methyl sites for hydroxylation is 3. The van der Waals surface area contributed by atoms with Crippen LogP contribution in [0.3, 0.4) is 0 Å². The van der Waals surface area contributed by atoms with Gasteiger partial charge in [0.25, 0.3) is 0 Å². The van der Waals surface area contributed by atoms with Gasteiger partial charge >= 0.3 is 0 Å². The number of hydrogen-bond acceptors (Lipinski definition) is 5. The highest BCUT2D eigenvalue weighted by atomic mass is 32.1. The van der Waals surface area contributed by atoms with Crippen molar-refractivity contribution >= 4 is 23.0 Å². The molecule has 30 heavy (non-hydrogen) atoms. The van der Waals surface area contributed by atoms with Gasteiger partial charge in [-0.15, -0.1) is 11.3 Å². The van der Waals surface area contributed by atoms with Crippen molar-refractivity contribution in [2.24, 2.45) is 0 Å². The quantitative estimate of drug-likeness (QED) is 0.693. The molecule has 4 rings (SSSR count). The molecule has 1 atom stereocenters. The molecule has 5 nitrogen and oxygen atoms in total. The summed E-state index contributed by atoms with van der Waals surface area (Å²) in [4.78, 5) is 31.7. The summed E-state index contributed by atoms with van der Waals surface area (Å²) in [5, 5.41) is 0. The Kier molecular flexibility index (Phi) is 5.73.